The summed E-state index contributed by atoms with van der Waals surface area (Å²) in [6, 6.07) is 4.05. The summed E-state index contributed by atoms with van der Waals surface area (Å²) in [5, 5.41) is 0. The van der Waals surface area contributed by atoms with Gasteiger partial charge in [0.25, 0.3) is 0 Å². The molecule has 2 heterocycles. The third-order valence-electron chi connectivity index (χ3n) is 8.14. The number of hydrogen-bond acceptors (Lipinski definition) is 6. The van der Waals surface area contributed by atoms with E-state index in [9.17, 15) is 13.2 Å². The van der Waals surface area contributed by atoms with Crippen LogP contribution in [0.4, 0.5) is 0 Å². The van der Waals surface area contributed by atoms with Crippen LogP contribution in [0.25, 0.3) is 0 Å². The molecule has 0 spiro atoms. The van der Waals surface area contributed by atoms with Crippen LogP contribution in [0, 0.1) is 5.92 Å². The van der Waals surface area contributed by atoms with Crippen molar-refractivity contribution in [3.8, 4) is 11.5 Å². The van der Waals surface area contributed by atoms with Crippen LogP contribution in [0.1, 0.15) is 51.9 Å². The number of carbonyl (C=O) groups is 1. The van der Waals surface area contributed by atoms with Crippen molar-refractivity contribution >= 4 is 15.9 Å². The molecule has 2 aliphatic heterocycles. The third kappa shape index (κ3) is 4.66. The smallest absolute Gasteiger partial charge is 0.244 e. The molecule has 2 saturated heterocycles. The summed E-state index contributed by atoms with van der Waals surface area (Å²) in [7, 11) is 0.978. The Balaban J connectivity index is 1.63. The van der Waals surface area contributed by atoms with Crippen LogP contribution in [0.3, 0.4) is 0 Å². The monoisotopic (exact) mass is 493 g/mol. The van der Waals surface area contributed by atoms with Crippen molar-refractivity contribution in [2.75, 3.05) is 40.9 Å². The van der Waals surface area contributed by atoms with E-state index in [1.54, 1.807) is 16.4 Å². The van der Waals surface area contributed by atoms with E-state index in [2.05, 4.69) is 11.8 Å². The number of carbonyl (C=O) groups excluding carboxylic acids is 1. The summed E-state index contributed by atoms with van der Waals surface area (Å²) in [5.41, 5.74) is 0. The summed E-state index contributed by atoms with van der Waals surface area (Å²) in [6.45, 7) is 5.13. The van der Waals surface area contributed by atoms with Gasteiger partial charge in [0, 0.05) is 38.3 Å². The lowest BCUT2D eigenvalue weighted by atomic mass is 9.85. The summed E-state index contributed by atoms with van der Waals surface area (Å²) in [4.78, 5) is 18.2. The highest BCUT2D eigenvalue weighted by Crippen LogP contribution is 2.44. The minimum Gasteiger partial charge on any atom is -0.493 e. The predicted molar refractivity (Wildman–Crippen MR) is 131 cm³/mol. The van der Waals surface area contributed by atoms with Crippen LogP contribution < -0.4 is 9.47 Å². The molecular formula is C25H39N3O5S. The molecule has 0 N–H and O–H groups in total. The lowest BCUT2D eigenvalue weighted by Gasteiger charge is -2.39. The number of ether oxygens (including phenoxy) is 2. The summed E-state index contributed by atoms with van der Waals surface area (Å²) >= 11 is 0. The summed E-state index contributed by atoms with van der Waals surface area (Å²) in [5.74, 6) is 1.01. The van der Waals surface area contributed by atoms with Crippen LogP contribution in [0.5, 0.6) is 11.5 Å². The van der Waals surface area contributed by atoms with Gasteiger partial charge >= 0.3 is 0 Å². The number of nitrogens with zero attached hydrogens (tertiary/aromatic N) is 3. The van der Waals surface area contributed by atoms with E-state index < -0.39 is 16.1 Å². The predicted octanol–water partition coefficient (Wildman–Crippen LogP) is 2.97. The van der Waals surface area contributed by atoms with E-state index in [0.29, 0.717) is 17.9 Å². The quantitative estimate of drug-likeness (QED) is 0.581. The van der Waals surface area contributed by atoms with E-state index >= 15 is 0 Å². The molecule has 1 aliphatic carbocycles. The van der Waals surface area contributed by atoms with Gasteiger partial charge in [-0.1, -0.05) is 19.8 Å². The molecule has 0 unspecified atom stereocenters. The SMILES string of the molecule is CCN1CCC(N(C)C(=O)[C@@H]2C[C@H]3CCCC[C@H]3N2S(=O)(=O)c2ccc(OC)c(OC)c2)CC1. The lowest BCUT2D eigenvalue weighted by molar-refractivity contribution is -0.136. The Morgan fingerprint density at radius 1 is 1.06 bits per heavy atom. The number of methoxy groups -OCH3 is 2. The number of hydrogen-bond donors (Lipinski definition) is 0. The highest BCUT2D eigenvalue weighted by molar-refractivity contribution is 7.89. The fraction of sp³-hybridized carbons (Fsp3) is 0.720. The Bertz CT molecular complexity index is 977. The van der Waals surface area contributed by atoms with Crippen molar-refractivity contribution in [2.24, 2.45) is 5.92 Å². The molecule has 0 bridgehead atoms. The molecule has 0 aromatic heterocycles. The Labute approximate surface area is 204 Å². The Kier molecular flexibility index (Phi) is 7.74. The van der Waals surface area contributed by atoms with Crippen LogP contribution in [0.15, 0.2) is 23.1 Å². The highest BCUT2D eigenvalue weighted by Gasteiger charge is 2.52. The third-order valence-corrected chi connectivity index (χ3v) is 10.1. The average Bonchev–Trinajstić information content (AvgIpc) is 3.27. The maximum Gasteiger partial charge on any atom is 0.244 e. The van der Waals surface area contributed by atoms with Gasteiger partial charge in [-0.25, -0.2) is 8.42 Å². The van der Waals surface area contributed by atoms with Gasteiger partial charge in [0.2, 0.25) is 15.9 Å². The first-order chi connectivity index (χ1) is 16.3. The molecule has 4 rings (SSSR count). The summed E-state index contributed by atoms with van der Waals surface area (Å²) < 4.78 is 40.2. The molecule has 0 radical (unpaired) electrons. The van der Waals surface area contributed by atoms with Crippen LogP contribution in [-0.2, 0) is 14.8 Å². The Hall–Kier alpha value is -1.84. The fourth-order valence-electron chi connectivity index (χ4n) is 6.11. The molecule has 190 valence electrons. The van der Waals surface area contributed by atoms with Gasteiger partial charge in [0.15, 0.2) is 11.5 Å². The second kappa shape index (κ2) is 10.4. The number of fused-ring (bicyclic) bond motifs is 1. The molecular weight excluding hydrogens is 454 g/mol. The van der Waals surface area contributed by atoms with Crippen molar-refractivity contribution in [3.05, 3.63) is 18.2 Å². The number of likely N-dealkylation sites (tertiary alicyclic amines) is 1. The molecule has 3 atom stereocenters. The number of sulfonamides is 1. The minimum atomic E-state index is -3.90. The average molecular weight is 494 g/mol. The van der Waals surface area contributed by atoms with Crippen molar-refractivity contribution in [3.63, 3.8) is 0 Å². The Morgan fingerprint density at radius 2 is 1.74 bits per heavy atom. The highest BCUT2D eigenvalue weighted by atomic mass is 32.2. The zero-order valence-electron chi connectivity index (χ0n) is 20.9. The van der Waals surface area contributed by atoms with Gasteiger partial charge < -0.3 is 19.3 Å². The molecule has 1 saturated carbocycles. The van der Waals surface area contributed by atoms with Crippen LogP contribution in [0.2, 0.25) is 0 Å². The molecule has 3 aliphatic rings. The number of likely N-dealkylation sites (N-methyl/N-ethyl adjacent to an activating group) is 1. The van der Waals surface area contributed by atoms with E-state index in [-0.39, 0.29) is 28.8 Å². The maximum absolute atomic E-state index is 14.0. The molecule has 1 amide bonds. The zero-order chi connectivity index (χ0) is 24.5. The maximum atomic E-state index is 14.0. The molecule has 8 nitrogen and oxygen atoms in total. The second-order valence-corrected chi connectivity index (χ2v) is 11.7. The first-order valence-corrected chi connectivity index (χ1v) is 14.0. The second-order valence-electron chi connectivity index (χ2n) is 9.83. The van der Waals surface area contributed by atoms with Gasteiger partial charge in [0.05, 0.1) is 19.1 Å². The fourth-order valence-corrected chi connectivity index (χ4v) is 8.00. The van der Waals surface area contributed by atoms with Gasteiger partial charge in [-0.2, -0.15) is 4.31 Å². The van der Waals surface area contributed by atoms with Crippen molar-refractivity contribution in [1.29, 1.82) is 0 Å². The molecule has 3 fully saturated rings. The van der Waals surface area contributed by atoms with Crippen LogP contribution >= 0.6 is 0 Å². The van der Waals surface area contributed by atoms with E-state index in [4.69, 9.17) is 9.47 Å². The van der Waals surface area contributed by atoms with Gasteiger partial charge in [-0.15, -0.1) is 0 Å². The first-order valence-electron chi connectivity index (χ1n) is 12.6. The van der Waals surface area contributed by atoms with E-state index in [1.165, 1.54) is 20.3 Å². The van der Waals surface area contributed by atoms with Crippen molar-refractivity contribution in [1.82, 2.24) is 14.1 Å². The molecule has 1 aromatic rings. The van der Waals surface area contributed by atoms with E-state index in [1.807, 2.05) is 11.9 Å². The minimum absolute atomic E-state index is 0.0617. The van der Waals surface area contributed by atoms with Crippen molar-refractivity contribution in [2.45, 2.75) is 74.9 Å². The van der Waals surface area contributed by atoms with Crippen LogP contribution in [-0.4, -0.2) is 87.5 Å². The zero-order valence-corrected chi connectivity index (χ0v) is 21.7. The molecule has 1 aromatic carbocycles. The van der Waals surface area contributed by atoms with E-state index in [0.717, 1.165) is 58.2 Å². The number of benzene rings is 1. The standard InChI is InChI=1S/C25H39N3O5S/c1-5-27-14-12-19(13-15-27)26(2)25(29)22-16-18-8-6-7-9-21(18)28(22)34(30,31)20-10-11-23(32-3)24(17-20)33-4/h10-11,17-19,21-22H,5-9,12-16H2,1-4H3/t18-,21-,22+/m1/s1. The molecule has 34 heavy (non-hydrogen) atoms. The summed E-state index contributed by atoms with van der Waals surface area (Å²) in [6.07, 6.45) is 6.33. The Morgan fingerprint density at radius 3 is 2.38 bits per heavy atom. The van der Waals surface area contributed by atoms with Gasteiger partial charge in [-0.05, 0) is 56.7 Å². The molecule has 9 heteroatoms. The lowest BCUT2D eigenvalue weighted by Crippen LogP contribution is -2.53. The first kappa shape index (κ1) is 25.3. The number of piperidine rings is 1. The van der Waals surface area contributed by atoms with Crippen molar-refractivity contribution < 1.29 is 22.7 Å². The van der Waals surface area contributed by atoms with Gasteiger partial charge in [0.1, 0.15) is 6.04 Å². The normalized spacial score (nSPS) is 26.8. The largest absolute Gasteiger partial charge is 0.493 e. The number of amides is 1. The topological polar surface area (TPSA) is 79.4 Å². The number of rotatable bonds is 7. The van der Waals surface area contributed by atoms with Gasteiger partial charge in [-0.3, -0.25) is 4.79 Å².